The minimum Gasteiger partial charge on any atom is -0.469 e. The summed E-state index contributed by atoms with van der Waals surface area (Å²) < 4.78 is 4.79. The molecule has 4 heteroatoms. The van der Waals surface area contributed by atoms with E-state index in [1.807, 2.05) is 4.90 Å². The van der Waals surface area contributed by atoms with Gasteiger partial charge in [-0.25, -0.2) is 0 Å². The van der Waals surface area contributed by atoms with E-state index in [1.54, 1.807) is 0 Å². The first-order valence-corrected chi connectivity index (χ1v) is 8.09. The number of likely N-dealkylation sites (tertiary alicyclic amines) is 1. The molecule has 1 aliphatic heterocycles. The van der Waals surface area contributed by atoms with Gasteiger partial charge in [0.1, 0.15) is 0 Å². The second-order valence-electron chi connectivity index (χ2n) is 6.16. The van der Waals surface area contributed by atoms with Gasteiger partial charge in [0, 0.05) is 19.0 Å². The van der Waals surface area contributed by atoms with Crippen molar-refractivity contribution in [1.29, 1.82) is 0 Å². The Morgan fingerprint density at radius 1 is 0.850 bits per heavy atom. The van der Waals surface area contributed by atoms with Crippen molar-refractivity contribution in [3.8, 4) is 0 Å². The molecule has 0 aromatic carbocycles. The zero-order valence-electron chi connectivity index (χ0n) is 12.6. The Labute approximate surface area is 121 Å². The molecule has 0 unspecified atom stereocenters. The highest BCUT2D eigenvalue weighted by Crippen LogP contribution is 2.26. The first-order chi connectivity index (χ1) is 9.72. The molecule has 1 amide bonds. The maximum Gasteiger partial charge on any atom is 0.308 e. The van der Waals surface area contributed by atoms with Crippen LogP contribution >= 0.6 is 0 Å². The average Bonchev–Trinajstić information content (AvgIpc) is 2.46. The van der Waals surface area contributed by atoms with Crippen LogP contribution in [0.2, 0.25) is 0 Å². The summed E-state index contributed by atoms with van der Waals surface area (Å²) in [5.74, 6) is 0.421. The van der Waals surface area contributed by atoms with Crippen LogP contribution in [0.1, 0.15) is 57.8 Å². The molecule has 2 rings (SSSR count). The van der Waals surface area contributed by atoms with E-state index in [0.717, 1.165) is 38.8 Å². The van der Waals surface area contributed by atoms with Crippen LogP contribution in [0.15, 0.2) is 0 Å². The van der Waals surface area contributed by atoms with Gasteiger partial charge in [0.2, 0.25) is 5.91 Å². The van der Waals surface area contributed by atoms with Gasteiger partial charge in [-0.1, -0.05) is 32.1 Å². The molecule has 2 aliphatic rings. The lowest BCUT2D eigenvalue weighted by Gasteiger charge is -2.33. The number of methoxy groups -OCH3 is 1. The predicted molar refractivity (Wildman–Crippen MR) is 77.1 cm³/mol. The van der Waals surface area contributed by atoms with E-state index in [-0.39, 0.29) is 17.8 Å². The van der Waals surface area contributed by atoms with E-state index in [9.17, 15) is 9.59 Å². The molecule has 1 saturated carbocycles. The number of esters is 1. The van der Waals surface area contributed by atoms with Crippen molar-refractivity contribution in [3.63, 3.8) is 0 Å². The fourth-order valence-electron chi connectivity index (χ4n) is 3.46. The Hall–Kier alpha value is -1.06. The molecule has 2 fully saturated rings. The van der Waals surface area contributed by atoms with Crippen molar-refractivity contribution in [2.24, 2.45) is 11.8 Å². The highest BCUT2D eigenvalue weighted by atomic mass is 16.5. The molecule has 0 N–H and O–H groups in total. The molecule has 0 spiro atoms. The lowest BCUT2D eigenvalue weighted by molar-refractivity contribution is -0.149. The van der Waals surface area contributed by atoms with Gasteiger partial charge in [-0.3, -0.25) is 9.59 Å². The largest absolute Gasteiger partial charge is 0.469 e. The zero-order chi connectivity index (χ0) is 14.4. The average molecular weight is 281 g/mol. The summed E-state index contributed by atoms with van der Waals surface area (Å²) in [6.45, 7) is 1.43. The minimum atomic E-state index is -0.122. The van der Waals surface area contributed by atoms with E-state index < -0.39 is 0 Å². The lowest BCUT2D eigenvalue weighted by Crippen LogP contribution is -2.43. The van der Waals surface area contributed by atoms with Crippen molar-refractivity contribution < 1.29 is 14.3 Å². The second-order valence-corrected chi connectivity index (χ2v) is 6.16. The van der Waals surface area contributed by atoms with Gasteiger partial charge < -0.3 is 9.64 Å². The lowest BCUT2D eigenvalue weighted by atomic mass is 9.89. The minimum absolute atomic E-state index is 0.0126. The number of carbonyl (C=O) groups is 2. The number of rotatable bonds is 2. The second kappa shape index (κ2) is 7.65. The summed E-state index contributed by atoms with van der Waals surface area (Å²) >= 11 is 0. The Bertz CT molecular complexity index is 327. The number of amides is 1. The number of piperidine rings is 1. The topological polar surface area (TPSA) is 46.6 Å². The summed E-state index contributed by atoms with van der Waals surface area (Å²) in [5, 5.41) is 0. The third kappa shape index (κ3) is 3.97. The zero-order valence-corrected chi connectivity index (χ0v) is 12.6. The molecule has 4 nitrogen and oxygen atoms in total. The normalized spacial score (nSPS) is 22.9. The van der Waals surface area contributed by atoms with Crippen LogP contribution in [0.4, 0.5) is 0 Å². The number of hydrogen-bond donors (Lipinski definition) is 0. The Morgan fingerprint density at radius 3 is 1.95 bits per heavy atom. The molecule has 0 radical (unpaired) electrons. The smallest absolute Gasteiger partial charge is 0.308 e. The highest BCUT2D eigenvalue weighted by molar-refractivity contribution is 5.79. The van der Waals surface area contributed by atoms with Crippen molar-refractivity contribution in [3.05, 3.63) is 0 Å². The predicted octanol–water partition coefficient (Wildman–Crippen LogP) is 2.76. The first kappa shape index (κ1) is 15.3. The van der Waals surface area contributed by atoms with Crippen LogP contribution in [0, 0.1) is 11.8 Å². The third-order valence-electron chi connectivity index (χ3n) is 4.80. The van der Waals surface area contributed by atoms with Gasteiger partial charge in [-0.05, 0) is 25.7 Å². The van der Waals surface area contributed by atoms with Gasteiger partial charge in [0.25, 0.3) is 0 Å². The first-order valence-electron chi connectivity index (χ1n) is 8.09. The van der Waals surface area contributed by atoms with Gasteiger partial charge >= 0.3 is 5.97 Å². The molecule has 0 atom stereocenters. The number of nitrogens with zero attached hydrogens (tertiary/aromatic N) is 1. The van der Waals surface area contributed by atoms with Crippen LogP contribution in [0.3, 0.4) is 0 Å². The Balaban J connectivity index is 1.82. The molecule has 1 heterocycles. The van der Waals surface area contributed by atoms with Gasteiger partial charge in [0.15, 0.2) is 0 Å². The van der Waals surface area contributed by atoms with E-state index in [4.69, 9.17) is 4.74 Å². The van der Waals surface area contributed by atoms with Crippen LogP contribution in [0.25, 0.3) is 0 Å². The van der Waals surface area contributed by atoms with Gasteiger partial charge in [0.05, 0.1) is 13.0 Å². The highest BCUT2D eigenvalue weighted by Gasteiger charge is 2.31. The van der Waals surface area contributed by atoms with Crippen molar-refractivity contribution >= 4 is 11.9 Å². The fourth-order valence-corrected chi connectivity index (χ4v) is 3.46. The van der Waals surface area contributed by atoms with Crippen molar-refractivity contribution in [2.45, 2.75) is 57.8 Å². The SMILES string of the molecule is COC(=O)C1CCN(C(=O)C2CCCCCCC2)CC1. The van der Waals surface area contributed by atoms with Crippen LogP contribution in [0.5, 0.6) is 0 Å². The maximum atomic E-state index is 12.6. The van der Waals surface area contributed by atoms with Crippen molar-refractivity contribution in [2.75, 3.05) is 20.2 Å². The quantitative estimate of drug-likeness (QED) is 0.731. The number of hydrogen-bond acceptors (Lipinski definition) is 3. The summed E-state index contributed by atoms with van der Waals surface area (Å²) in [6.07, 6.45) is 9.86. The molecule has 0 bridgehead atoms. The molecule has 0 aromatic rings. The molecular formula is C16H27NO3. The van der Waals surface area contributed by atoms with Crippen LogP contribution in [-0.4, -0.2) is 37.0 Å². The fraction of sp³-hybridized carbons (Fsp3) is 0.875. The number of carbonyl (C=O) groups excluding carboxylic acids is 2. The Morgan fingerprint density at radius 2 is 1.40 bits per heavy atom. The maximum absolute atomic E-state index is 12.6. The summed E-state index contributed by atoms with van der Waals surface area (Å²) in [7, 11) is 1.44. The molecule has 20 heavy (non-hydrogen) atoms. The van der Waals surface area contributed by atoms with E-state index in [1.165, 1.54) is 39.2 Å². The van der Waals surface area contributed by atoms with E-state index >= 15 is 0 Å². The summed E-state index contributed by atoms with van der Waals surface area (Å²) in [4.78, 5) is 26.1. The standard InChI is InChI=1S/C16H27NO3/c1-20-16(19)14-9-11-17(12-10-14)15(18)13-7-5-3-2-4-6-8-13/h13-14H,2-12H2,1H3. The summed E-state index contributed by atoms with van der Waals surface area (Å²) in [5.41, 5.74) is 0. The van der Waals surface area contributed by atoms with Crippen molar-refractivity contribution in [1.82, 2.24) is 4.90 Å². The molecular weight excluding hydrogens is 254 g/mol. The Kier molecular flexibility index (Phi) is 5.86. The molecule has 114 valence electrons. The molecule has 1 aliphatic carbocycles. The third-order valence-corrected chi connectivity index (χ3v) is 4.80. The molecule has 0 aromatic heterocycles. The summed E-state index contributed by atoms with van der Waals surface area (Å²) in [6, 6.07) is 0. The molecule has 1 saturated heterocycles. The van der Waals surface area contributed by atoms with E-state index in [0.29, 0.717) is 5.91 Å². The van der Waals surface area contributed by atoms with Gasteiger partial charge in [-0.2, -0.15) is 0 Å². The number of ether oxygens (including phenoxy) is 1. The van der Waals surface area contributed by atoms with Crippen LogP contribution in [-0.2, 0) is 14.3 Å². The van der Waals surface area contributed by atoms with Gasteiger partial charge in [-0.15, -0.1) is 0 Å². The van der Waals surface area contributed by atoms with E-state index in [2.05, 4.69) is 0 Å². The van der Waals surface area contributed by atoms with Crippen LogP contribution < -0.4 is 0 Å². The monoisotopic (exact) mass is 281 g/mol.